The number of nitrogens with one attached hydrogen (secondary N) is 3. The van der Waals surface area contributed by atoms with Gasteiger partial charge in [0.15, 0.2) is 11.2 Å². The summed E-state index contributed by atoms with van der Waals surface area (Å²) in [5.41, 5.74) is -0.955. The molecule has 1 saturated heterocycles. The van der Waals surface area contributed by atoms with Crippen LogP contribution in [-0.4, -0.2) is 78.9 Å². The fraction of sp³-hybridized carbons (Fsp3) is 0.722. The largest absolute Gasteiger partial charge is 0.481 e. The molecule has 0 aromatic rings. The van der Waals surface area contributed by atoms with Crippen LogP contribution in [0.4, 0.5) is 4.39 Å². The lowest BCUT2D eigenvalue weighted by Crippen LogP contribution is -2.51. The quantitative estimate of drug-likeness (QED) is 0.111. The van der Waals surface area contributed by atoms with E-state index in [2.05, 4.69) is 15.4 Å². The second-order valence-corrected chi connectivity index (χ2v) is 10.6. The maximum Gasteiger partial charge on any atom is 0.409 e. The number of amides is 2. The molecule has 3 atom stereocenters. The normalized spacial score (nSPS) is 22.3. The molecule has 1 heterocycles. The van der Waals surface area contributed by atoms with Gasteiger partial charge in [0.25, 0.3) is 6.30 Å². The molecule has 1 fully saturated rings. The van der Waals surface area contributed by atoms with Crippen molar-refractivity contribution in [2.75, 3.05) is 32.6 Å². The van der Waals surface area contributed by atoms with Crippen LogP contribution in [0.3, 0.4) is 0 Å². The summed E-state index contributed by atoms with van der Waals surface area (Å²) in [5.74, 6) is -3.26. The van der Waals surface area contributed by atoms with Gasteiger partial charge in [-0.05, 0) is 0 Å². The smallest absolute Gasteiger partial charge is 0.409 e. The Bertz CT molecular complexity index is 828. The molecule has 0 radical (unpaired) electrons. The van der Waals surface area contributed by atoms with Gasteiger partial charge in [-0.3, -0.25) is 28.2 Å². The van der Waals surface area contributed by atoms with E-state index >= 15 is 0 Å². The van der Waals surface area contributed by atoms with Gasteiger partial charge in [-0.25, -0.2) is 13.8 Å². The predicted molar refractivity (Wildman–Crippen MR) is 117 cm³/mol. The topological polar surface area (TPSA) is 186 Å². The summed E-state index contributed by atoms with van der Waals surface area (Å²) in [4.78, 5) is 57.5. The molecule has 0 aliphatic carbocycles. The average molecular weight is 529 g/mol. The Balaban J connectivity index is 2.43. The lowest BCUT2D eigenvalue weighted by atomic mass is 9.87. The van der Waals surface area contributed by atoms with Crippen molar-refractivity contribution >= 4 is 48.4 Å². The molecule has 1 unspecified atom stereocenters. The number of carboxylic acids is 1. The van der Waals surface area contributed by atoms with E-state index in [0.717, 1.165) is 18.9 Å². The maximum absolute atomic E-state index is 13.8. The van der Waals surface area contributed by atoms with Crippen LogP contribution < -0.4 is 15.7 Å². The molecule has 1 rings (SSSR count). The number of hydrogen-bond acceptors (Lipinski definition) is 10. The predicted octanol–water partition coefficient (Wildman–Crippen LogP) is 0.341. The molecule has 194 valence electrons. The van der Waals surface area contributed by atoms with Crippen molar-refractivity contribution in [1.29, 1.82) is 0 Å². The number of carbonyl (C=O) groups is 5. The maximum atomic E-state index is 13.8. The van der Waals surface area contributed by atoms with E-state index in [-0.39, 0.29) is 49.8 Å². The highest BCUT2D eigenvalue weighted by atomic mass is 32.2. The molecule has 0 aromatic carbocycles. The Morgan fingerprint density at radius 2 is 1.85 bits per heavy atom. The van der Waals surface area contributed by atoms with Crippen LogP contribution in [0, 0.1) is 5.41 Å². The van der Waals surface area contributed by atoms with Crippen LogP contribution in [0.5, 0.6) is 0 Å². The van der Waals surface area contributed by atoms with Crippen LogP contribution in [-0.2, 0) is 42.3 Å². The molecule has 0 bridgehead atoms. The van der Waals surface area contributed by atoms with Crippen molar-refractivity contribution in [3.63, 3.8) is 0 Å². The molecule has 0 aromatic heterocycles. The van der Waals surface area contributed by atoms with E-state index in [4.69, 9.17) is 14.2 Å². The number of alkyl halides is 1. The highest BCUT2D eigenvalue weighted by Gasteiger charge is 2.49. The summed E-state index contributed by atoms with van der Waals surface area (Å²) in [7, 11) is -3.41. The van der Waals surface area contributed by atoms with E-state index in [0.29, 0.717) is 0 Å². The summed E-state index contributed by atoms with van der Waals surface area (Å²) in [6.07, 6.45) is -4.27. The number of aliphatic carboxylic acids is 1. The minimum Gasteiger partial charge on any atom is -0.481 e. The first kappa shape index (κ1) is 30.0. The number of methoxy groups -OCH3 is 1. The van der Waals surface area contributed by atoms with Crippen molar-refractivity contribution < 1.29 is 51.8 Å². The Morgan fingerprint density at radius 1 is 1.18 bits per heavy atom. The Morgan fingerprint density at radius 3 is 2.47 bits per heavy atom. The van der Waals surface area contributed by atoms with E-state index in [1.54, 1.807) is 18.9 Å². The highest BCUT2D eigenvalue weighted by molar-refractivity contribution is 8.13. The Labute approximate surface area is 199 Å². The number of rotatable bonds is 13. The van der Waals surface area contributed by atoms with E-state index in [1.165, 1.54) is 0 Å². The third kappa shape index (κ3) is 10.5. The fourth-order valence-corrected chi connectivity index (χ4v) is 4.94. The molecular formula is C18H29FN3O10PS. The van der Waals surface area contributed by atoms with Crippen molar-refractivity contribution in [2.24, 2.45) is 5.41 Å². The second kappa shape index (κ2) is 13.7. The minimum atomic E-state index is -4.34. The first-order chi connectivity index (χ1) is 15.8. The molecule has 16 heteroatoms. The van der Waals surface area contributed by atoms with Gasteiger partial charge in [0, 0.05) is 37.1 Å². The van der Waals surface area contributed by atoms with Gasteiger partial charge in [-0.1, -0.05) is 25.6 Å². The molecule has 4 N–H and O–H groups in total. The summed E-state index contributed by atoms with van der Waals surface area (Å²) in [5, 5.41) is 15.0. The molecule has 2 amide bonds. The van der Waals surface area contributed by atoms with Crippen molar-refractivity contribution in [3.05, 3.63) is 0 Å². The summed E-state index contributed by atoms with van der Waals surface area (Å²) in [6, 6.07) is 0. The van der Waals surface area contributed by atoms with E-state index in [1.807, 2.05) is 0 Å². The Hall–Kier alpha value is -2.06. The number of thioether (sulfide) groups is 1. The first-order valence-corrected chi connectivity index (χ1v) is 12.7. The van der Waals surface area contributed by atoms with E-state index in [9.17, 15) is 32.9 Å². The number of hydrogen-bond donors (Lipinski definition) is 4. The molecule has 0 spiro atoms. The molecule has 34 heavy (non-hydrogen) atoms. The number of carbonyl (C=O) groups excluding carboxylic acids is 4. The lowest BCUT2D eigenvalue weighted by Gasteiger charge is -2.40. The zero-order chi connectivity index (χ0) is 25.9. The lowest BCUT2D eigenvalue weighted by molar-refractivity contribution is -0.147. The molecule has 0 saturated carbocycles. The monoisotopic (exact) mass is 529 g/mol. The molecule has 1 aliphatic rings. The van der Waals surface area contributed by atoms with Gasteiger partial charge < -0.3 is 20.5 Å². The average Bonchev–Trinajstić information content (AvgIpc) is 2.76. The van der Waals surface area contributed by atoms with Gasteiger partial charge in [0.2, 0.25) is 11.8 Å². The van der Waals surface area contributed by atoms with Gasteiger partial charge in [-0.2, -0.15) is 5.09 Å². The third-order valence-corrected chi connectivity index (χ3v) is 6.79. The van der Waals surface area contributed by atoms with Crippen molar-refractivity contribution in [1.82, 2.24) is 15.7 Å². The zero-order valence-electron chi connectivity index (χ0n) is 19.0. The molecular weight excluding hydrogens is 500 g/mol. The second-order valence-electron chi connectivity index (χ2n) is 7.76. The zero-order valence-corrected chi connectivity index (χ0v) is 20.7. The van der Waals surface area contributed by atoms with Gasteiger partial charge in [-0.15, -0.1) is 0 Å². The van der Waals surface area contributed by atoms with Gasteiger partial charge >= 0.3 is 19.7 Å². The summed E-state index contributed by atoms with van der Waals surface area (Å²) >= 11 is 0.912. The molecule has 13 nitrogen and oxygen atoms in total. The number of carboxylic acid groups (broad SMARTS) is 1. The SMILES string of the molecule is COC(=O)[C@H](F)NP1(=O)OCC(C)(C)[C@H](C(=O)NCCC(=O)NCCSC(=O)CCC(=O)O)O1. The van der Waals surface area contributed by atoms with Crippen molar-refractivity contribution in [3.8, 4) is 0 Å². The van der Waals surface area contributed by atoms with Crippen LogP contribution in [0.15, 0.2) is 0 Å². The van der Waals surface area contributed by atoms with Crippen LogP contribution >= 0.6 is 19.5 Å². The van der Waals surface area contributed by atoms with Crippen LogP contribution in [0.25, 0.3) is 0 Å². The van der Waals surface area contributed by atoms with E-state index < -0.39 is 49.3 Å². The van der Waals surface area contributed by atoms with Crippen LogP contribution in [0.1, 0.15) is 33.1 Å². The first-order valence-electron chi connectivity index (χ1n) is 10.1. The third-order valence-electron chi connectivity index (χ3n) is 4.36. The van der Waals surface area contributed by atoms with Gasteiger partial charge in [0.1, 0.15) is 0 Å². The van der Waals surface area contributed by atoms with Gasteiger partial charge in [0.05, 0.1) is 20.1 Å². The summed E-state index contributed by atoms with van der Waals surface area (Å²) < 4.78 is 40.8. The summed E-state index contributed by atoms with van der Waals surface area (Å²) in [6.45, 7) is 3.03. The minimum absolute atomic E-state index is 0.0855. The number of halogens is 1. The standard InChI is InChI=1S/C18H29FN3O10PS/c1-18(2)10-31-33(29,22-15(19)17(28)30-3)32-14(18)16(27)21-7-6-11(23)20-8-9-34-13(26)5-4-12(24)25/h14-15H,4-10H2,1-3H3,(H,20,23)(H,21,27)(H,22,29)(H,24,25)/t14-,15+,33?/m0/s1. The Kier molecular flexibility index (Phi) is 12.1. The van der Waals surface area contributed by atoms with Crippen LogP contribution in [0.2, 0.25) is 0 Å². The fourth-order valence-electron chi connectivity index (χ4n) is 2.52. The highest BCUT2D eigenvalue weighted by Crippen LogP contribution is 2.53. The number of ether oxygens (including phenoxy) is 1. The number of esters is 1. The molecule has 1 aliphatic heterocycles. The van der Waals surface area contributed by atoms with Crippen molar-refractivity contribution in [2.45, 2.75) is 45.5 Å².